The Hall–Kier alpha value is -3.18. The Labute approximate surface area is 171 Å². The van der Waals surface area contributed by atoms with Crippen LogP contribution in [0.2, 0.25) is 0 Å². The van der Waals surface area contributed by atoms with E-state index in [1.165, 1.54) is 0 Å². The third-order valence-corrected chi connectivity index (χ3v) is 4.98. The van der Waals surface area contributed by atoms with Crippen molar-refractivity contribution in [2.24, 2.45) is 0 Å². The summed E-state index contributed by atoms with van der Waals surface area (Å²) in [6.45, 7) is 0. The van der Waals surface area contributed by atoms with Crippen LogP contribution in [0.1, 0.15) is 10.4 Å². The molecule has 1 aromatic heterocycles. The topological polar surface area (TPSA) is 51.2 Å². The van der Waals surface area contributed by atoms with Crippen LogP contribution in [0, 0.1) is 0 Å². The van der Waals surface area contributed by atoms with Gasteiger partial charge in [-0.05, 0) is 36.4 Å². The second-order valence-electron chi connectivity index (χ2n) is 6.23. The van der Waals surface area contributed by atoms with Crippen molar-refractivity contribution in [3.05, 3.63) is 88.9 Å². The maximum Gasteiger partial charge on any atom is 0.256 e. The molecule has 0 atom stereocenters. The summed E-state index contributed by atoms with van der Waals surface area (Å²) in [5.74, 6) is 0.406. The van der Waals surface area contributed by atoms with Gasteiger partial charge in [0.25, 0.3) is 5.91 Å². The van der Waals surface area contributed by atoms with Crippen molar-refractivity contribution in [3.8, 4) is 17.0 Å². The van der Waals surface area contributed by atoms with Gasteiger partial charge in [0.1, 0.15) is 5.75 Å². The number of para-hydroxylation sites is 3. The number of anilines is 1. The summed E-state index contributed by atoms with van der Waals surface area (Å²) < 4.78 is 6.33. The van der Waals surface area contributed by atoms with Crippen LogP contribution in [0.5, 0.6) is 5.75 Å². The zero-order valence-corrected chi connectivity index (χ0v) is 16.7. The van der Waals surface area contributed by atoms with E-state index in [-0.39, 0.29) is 5.91 Å². The van der Waals surface area contributed by atoms with Crippen LogP contribution >= 0.6 is 15.9 Å². The number of pyridine rings is 1. The van der Waals surface area contributed by atoms with Gasteiger partial charge in [-0.1, -0.05) is 58.4 Å². The largest absolute Gasteiger partial charge is 0.495 e. The molecule has 0 spiro atoms. The average molecular weight is 433 g/mol. The summed E-state index contributed by atoms with van der Waals surface area (Å²) in [5.41, 5.74) is 3.65. The van der Waals surface area contributed by atoms with E-state index in [1.54, 1.807) is 7.11 Å². The number of rotatable bonds is 4. The maximum absolute atomic E-state index is 13.1. The van der Waals surface area contributed by atoms with E-state index in [0.717, 1.165) is 26.6 Å². The highest BCUT2D eigenvalue weighted by atomic mass is 79.9. The van der Waals surface area contributed by atoms with Gasteiger partial charge in [-0.3, -0.25) is 4.79 Å². The number of hydrogen-bond acceptors (Lipinski definition) is 3. The lowest BCUT2D eigenvalue weighted by Gasteiger charge is -2.12. The second kappa shape index (κ2) is 7.82. The molecule has 5 heteroatoms. The van der Waals surface area contributed by atoms with Crippen LogP contribution in [0.4, 0.5) is 5.69 Å². The normalized spacial score (nSPS) is 10.6. The zero-order chi connectivity index (χ0) is 19.5. The first-order chi connectivity index (χ1) is 13.7. The van der Waals surface area contributed by atoms with Crippen molar-refractivity contribution in [3.63, 3.8) is 0 Å². The van der Waals surface area contributed by atoms with E-state index >= 15 is 0 Å². The monoisotopic (exact) mass is 432 g/mol. The fourth-order valence-electron chi connectivity index (χ4n) is 3.07. The summed E-state index contributed by atoms with van der Waals surface area (Å²) in [6.07, 6.45) is 0. The summed E-state index contributed by atoms with van der Waals surface area (Å²) in [6, 6.07) is 24.7. The van der Waals surface area contributed by atoms with Crippen molar-refractivity contribution in [1.82, 2.24) is 4.98 Å². The van der Waals surface area contributed by atoms with Gasteiger partial charge < -0.3 is 10.1 Å². The Kier molecular flexibility index (Phi) is 5.08. The van der Waals surface area contributed by atoms with E-state index in [1.807, 2.05) is 78.9 Å². The lowest BCUT2D eigenvalue weighted by Crippen LogP contribution is -2.13. The third kappa shape index (κ3) is 3.62. The standard InChI is InChI=1S/C23H17BrN2O2/c1-28-22-9-5-4-8-20(22)26-23(27)18-14-21(15-10-12-16(24)13-11-15)25-19-7-3-2-6-17(18)19/h2-14H,1H3,(H,26,27). The van der Waals surface area contributed by atoms with Crippen molar-refractivity contribution in [1.29, 1.82) is 0 Å². The molecular formula is C23H17BrN2O2. The number of halogens is 1. The molecule has 1 heterocycles. The van der Waals surface area contributed by atoms with E-state index in [4.69, 9.17) is 9.72 Å². The molecule has 0 fully saturated rings. The number of amides is 1. The second-order valence-corrected chi connectivity index (χ2v) is 7.15. The number of benzene rings is 3. The lowest BCUT2D eigenvalue weighted by atomic mass is 10.0. The van der Waals surface area contributed by atoms with E-state index in [2.05, 4.69) is 21.2 Å². The molecule has 3 aromatic carbocycles. The minimum absolute atomic E-state index is 0.207. The van der Waals surface area contributed by atoms with E-state index < -0.39 is 0 Å². The minimum Gasteiger partial charge on any atom is -0.495 e. The highest BCUT2D eigenvalue weighted by Crippen LogP contribution is 2.28. The highest BCUT2D eigenvalue weighted by molar-refractivity contribution is 9.10. The van der Waals surface area contributed by atoms with Crippen LogP contribution in [0.15, 0.2) is 83.3 Å². The number of carbonyl (C=O) groups is 1. The van der Waals surface area contributed by atoms with Gasteiger partial charge in [0.05, 0.1) is 29.6 Å². The first-order valence-electron chi connectivity index (χ1n) is 8.76. The highest BCUT2D eigenvalue weighted by Gasteiger charge is 2.15. The molecule has 0 saturated heterocycles. The quantitative estimate of drug-likeness (QED) is 0.434. The number of carbonyl (C=O) groups excluding carboxylic acids is 1. The Morgan fingerprint density at radius 3 is 2.46 bits per heavy atom. The molecule has 0 saturated carbocycles. The molecular weight excluding hydrogens is 416 g/mol. The summed E-state index contributed by atoms with van der Waals surface area (Å²) >= 11 is 3.45. The predicted molar refractivity (Wildman–Crippen MR) is 116 cm³/mol. The SMILES string of the molecule is COc1ccccc1NC(=O)c1cc(-c2ccc(Br)cc2)nc2ccccc12. The molecule has 1 N–H and O–H groups in total. The number of methoxy groups -OCH3 is 1. The number of fused-ring (bicyclic) bond motifs is 1. The third-order valence-electron chi connectivity index (χ3n) is 4.46. The van der Waals surface area contributed by atoms with Gasteiger partial charge in [-0.2, -0.15) is 0 Å². The minimum atomic E-state index is -0.207. The fourth-order valence-corrected chi connectivity index (χ4v) is 3.33. The van der Waals surface area contributed by atoms with Crippen LogP contribution in [0.3, 0.4) is 0 Å². The van der Waals surface area contributed by atoms with Gasteiger partial charge in [0, 0.05) is 15.4 Å². The molecule has 0 aliphatic rings. The van der Waals surface area contributed by atoms with Crippen molar-refractivity contribution >= 4 is 38.4 Å². The van der Waals surface area contributed by atoms with Crippen LogP contribution in [-0.4, -0.2) is 18.0 Å². The number of aromatic nitrogens is 1. The first kappa shape index (κ1) is 18.2. The van der Waals surface area contributed by atoms with Crippen molar-refractivity contribution in [2.75, 3.05) is 12.4 Å². The molecule has 28 heavy (non-hydrogen) atoms. The predicted octanol–water partition coefficient (Wildman–Crippen LogP) is 5.93. The number of hydrogen-bond donors (Lipinski definition) is 1. The molecule has 0 aliphatic heterocycles. The molecule has 1 amide bonds. The van der Waals surface area contributed by atoms with Crippen molar-refractivity contribution in [2.45, 2.75) is 0 Å². The summed E-state index contributed by atoms with van der Waals surface area (Å²) in [7, 11) is 1.58. The number of nitrogens with zero attached hydrogens (tertiary/aromatic N) is 1. The molecule has 4 rings (SSSR count). The molecule has 138 valence electrons. The van der Waals surface area contributed by atoms with E-state index in [0.29, 0.717) is 17.0 Å². The van der Waals surface area contributed by atoms with Gasteiger partial charge in [0.2, 0.25) is 0 Å². The zero-order valence-electron chi connectivity index (χ0n) is 15.1. The summed E-state index contributed by atoms with van der Waals surface area (Å²) in [4.78, 5) is 17.9. The average Bonchev–Trinajstić information content (AvgIpc) is 2.74. The Morgan fingerprint density at radius 1 is 0.964 bits per heavy atom. The first-order valence-corrected chi connectivity index (χ1v) is 9.55. The number of nitrogens with one attached hydrogen (secondary N) is 1. The van der Waals surface area contributed by atoms with Gasteiger partial charge in [-0.25, -0.2) is 4.98 Å². The van der Waals surface area contributed by atoms with Gasteiger partial charge in [-0.15, -0.1) is 0 Å². The molecule has 0 bridgehead atoms. The molecule has 4 aromatic rings. The van der Waals surface area contributed by atoms with Crippen molar-refractivity contribution < 1.29 is 9.53 Å². The van der Waals surface area contributed by atoms with Gasteiger partial charge >= 0.3 is 0 Å². The van der Waals surface area contributed by atoms with Crippen LogP contribution in [0.25, 0.3) is 22.2 Å². The van der Waals surface area contributed by atoms with Gasteiger partial charge in [0.15, 0.2) is 0 Å². The van der Waals surface area contributed by atoms with Crippen LogP contribution in [-0.2, 0) is 0 Å². The fraction of sp³-hybridized carbons (Fsp3) is 0.0435. The summed E-state index contributed by atoms with van der Waals surface area (Å²) in [5, 5.41) is 3.76. The smallest absolute Gasteiger partial charge is 0.256 e. The Morgan fingerprint density at radius 2 is 1.68 bits per heavy atom. The lowest BCUT2D eigenvalue weighted by molar-refractivity contribution is 0.102. The molecule has 4 nitrogen and oxygen atoms in total. The van der Waals surface area contributed by atoms with Crippen LogP contribution < -0.4 is 10.1 Å². The van der Waals surface area contributed by atoms with E-state index in [9.17, 15) is 4.79 Å². The Balaban J connectivity index is 1.80. The molecule has 0 radical (unpaired) electrons. The maximum atomic E-state index is 13.1. The molecule has 0 aliphatic carbocycles. The molecule has 0 unspecified atom stereocenters. The Bertz CT molecular complexity index is 1160. The number of ether oxygens (including phenoxy) is 1.